The topological polar surface area (TPSA) is 26.3 Å². The Balaban J connectivity index is 4.85. The maximum Gasteiger partial charge on any atom is 0.333 e. The molecule has 0 unspecified atom stereocenters. The van der Waals surface area contributed by atoms with E-state index in [-0.39, 0.29) is 22.9 Å². The Morgan fingerprint density at radius 3 is 1.60 bits per heavy atom. The normalized spacial score (nSPS) is 12.8. The third kappa shape index (κ3) is 4.50. The molecule has 0 bridgehead atoms. The van der Waals surface area contributed by atoms with Gasteiger partial charge in [-0.05, 0) is 17.8 Å². The molecule has 0 aromatic heterocycles. The summed E-state index contributed by atoms with van der Waals surface area (Å²) in [5.41, 5.74) is 0.320. The van der Waals surface area contributed by atoms with Crippen LogP contribution in [0.15, 0.2) is 12.2 Å². The highest BCUT2D eigenvalue weighted by Gasteiger charge is 2.38. The van der Waals surface area contributed by atoms with Crippen LogP contribution in [-0.4, -0.2) is 12.1 Å². The van der Waals surface area contributed by atoms with Crippen LogP contribution in [0.3, 0.4) is 0 Å². The van der Waals surface area contributed by atoms with Gasteiger partial charge < -0.3 is 4.74 Å². The summed E-state index contributed by atoms with van der Waals surface area (Å²) in [5, 5.41) is 0. The van der Waals surface area contributed by atoms with Gasteiger partial charge in [-0.3, -0.25) is 0 Å². The molecule has 0 saturated carbocycles. The summed E-state index contributed by atoms with van der Waals surface area (Å²) in [5.74, 6) is -0.301. The highest BCUT2D eigenvalue weighted by Crippen LogP contribution is 2.36. The minimum Gasteiger partial charge on any atom is -0.458 e. The molecule has 0 radical (unpaired) electrons. The van der Waals surface area contributed by atoms with Crippen molar-refractivity contribution in [3.63, 3.8) is 0 Å². The number of esters is 1. The van der Waals surface area contributed by atoms with Crippen molar-refractivity contribution in [3.05, 3.63) is 12.2 Å². The Kier molecular flexibility index (Phi) is 4.15. The Morgan fingerprint density at radius 2 is 1.40 bits per heavy atom. The SMILES string of the molecule is C=C(C)C(=O)OC(C(C)(C)C)C(C)(C)C. The van der Waals surface area contributed by atoms with Gasteiger partial charge in [0.05, 0.1) is 0 Å². The lowest BCUT2D eigenvalue weighted by molar-refractivity contribution is -0.158. The van der Waals surface area contributed by atoms with Gasteiger partial charge in [-0.1, -0.05) is 48.1 Å². The lowest BCUT2D eigenvalue weighted by atomic mass is 9.74. The molecular weight excluding hydrogens is 188 g/mol. The van der Waals surface area contributed by atoms with Crippen LogP contribution < -0.4 is 0 Å². The minimum atomic E-state index is -0.301. The molecule has 0 rings (SSSR count). The maximum absolute atomic E-state index is 11.5. The molecule has 0 aromatic carbocycles. The van der Waals surface area contributed by atoms with Gasteiger partial charge in [0.1, 0.15) is 6.10 Å². The van der Waals surface area contributed by atoms with E-state index in [1.165, 1.54) is 0 Å². The van der Waals surface area contributed by atoms with Crippen LogP contribution in [0.1, 0.15) is 48.5 Å². The highest BCUT2D eigenvalue weighted by atomic mass is 16.5. The van der Waals surface area contributed by atoms with Crippen LogP contribution in [0.25, 0.3) is 0 Å². The van der Waals surface area contributed by atoms with Crippen molar-refractivity contribution in [1.29, 1.82) is 0 Å². The summed E-state index contributed by atoms with van der Waals surface area (Å²) in [6, 6.07) is 0. The first kappa shape index (κ1) is 14.2. The Labute approximate surface area is 93.7 Å². The summed E-state index contributed by atoms with van der Waals surface area (Å²) < 4.78 is 5.50. The zero-order valence-electron chi connectivity index (χ0n) is 11.1. The fourth-order valence-electron chi connectivity index (χ4n) is 1.86. The monoisotopic (exact) mass is 212 g/mol. The molecule has 0 aliphatic carbocycles. The molecule has 15 heavy (non-hydrogen) atoms. The third-order valence-corrected chi connectivity index (χ3v) is 2.15. The van der Waals surface area contributed by atoms with E-state index in [9.17, 15) is 4.79 Å². The molecule has 0 amide bonds. The Morgan fingerprint density at radius 1 is 1.07 bits per heavy atom. The molecule has 2 heteroatoms. The molecular formula is C13H24O2. The summed E-state index contributed by atoms with van der Waals surface area (Å²) in [4.78, 5) is 11.5. The number of carbonyl (C=O) groups is 1. The van der Waals surface area contributed by atoms with E-state index >= 15 is 0 Å². The average Bonchev–Trinajstić information content (AvgIpc) is 1.94. The zero-order valence-corrected chi connectivity index (χ0v) is 11.1. The first-order valence-corrected chi connectivity index (χ1v) is 5.32. The van der Waals surface area contributed by atoms with E-state index in [0.717, 1.165) is 0 Å². The largest absolute Gasteiger partial charge is 0.458 e. The number of hydrogen-bond acceptors (Lipinski definition) is 2. The Bertz CT molecular complexity index is 237. The van der Waals surface area contributed by atoms with Crippen molar-refractivity contribution in [2.24, 2.45) is 10.8 Å². The van der Waals surface area contributed by atoms with E-state index in [2.05, 4.69) is 48.1 Å². The van der Waals surface area contributed by atoms with Gasteiger partial charge in [0, 0.05) is 5.57 Å². The van der Waals surface area contributed by atoms with E-state index < -0.39 is 0 Å². The molecule has 0 fully saturated rings. The predicted octanol–water partition coefficient (Wildman–Crippen LogP) is 3.57. The van der Waals surface area contributed by atoms with Gasteiger partial charge in [-0.15, -0.1) is 0 Å². The van der Waals surface area contributed by atoms with E-state index in [1.54, 1.807) is 6.92 Å². The van der Waals surface area contributed by atoms with Crippen LogP contribution in [0.4, 0.5) is 0 Å². The van der Waals surface area contributed by atoms with Crippen LogP contribution in [0.2, 0.25) is 0 Å². The number of hydrogen-bond donors (Lipinski definition) is 0. The van der Waals surface area contributed by atoms with Crippen LogP contribution in [0.5, 0.6) is 0 Å². The fourth-order valence-corrected chi connectivity index (χ4v) is 1.86. The number of carbonyl (C=O) groups excluding carboxylic acids is 1. The molecule has 2 nitrogen and oxygen atoms in total. The molecule has 0 aliphatic heterocycles. The van der Waals surface area contributed by atoms with Crippen molar-refractivity contribution in [3.8, 4) is 0 Å². The van der Waals surface area contributed by atoms with Gasteiger partial charge in [0.2, 0.25) is 0 Å². The number of rotatable bonds is 2. The first-order valence-electron chi connectivity index (χ1n) is 5.32. The number of ether oxygens (including phenoxy) is 1. The van der Waals surface area contributed by atoms with Gasteiger partial charge >= 0.3 is 5.97 Å². The van der Waals surface area contributed by atoms with Crippen molar-refractivity contribution in [2.75, 3.05) is 0 Å². The fraction of sp³-hybridized carbons (Fsp3) is 0.769. The second-order valence-corrected chi connectivity index (χ2v) is 6.30. The zero-order chi connectivity index (χ0) is 12.4. The molecule has 0 atom stereocenters. The van der Waals surface area contributed by atoms with Crippen molar-refractivity contribution in [1.82, 2.24) is 0 Å². The van der Waals surface area contributed by atoms with Gasteiger partial charge in [0.15, 0.2) is 0 Å². The second-order valence-electron chi connectivity index (χ2n) is 6.30. The lowest BCUT2D eigenvalue weighted by Gasteiger charge is -2.39. The van der Waals surface area contributed by atoms with Crippen molar-refractivity contribution < 1.29 is 9.53 Å². The van der Waals surface area contributed by atoms with E-state index in [0.29, 0.717) is 5.57 Å². The maximum atomic E-state index is 11.5. The molecule has 0 aromatic rings. The van der Waals surface area contributed by atoms with Crippen molar-refractivity contribution in [2.45, 2.75) is 54.6 Å². The second kappa shape index (κ2) is 4.38. The summed E-state index contributed by atoms with van der Waals surface area (Å²) in [7, 11) is 0. The van der Waals surface area contributed by atoms with Crippen LogP contribution in [0, 0.1) is 10.8 Å². The molecule has 0 spiro atoms. The third-order valence-electron chi connectivity index (χ3n) is 2.15. The van der Waals surface area contributed by atoms with Crippen molar-refractivity contribution >= 4 is 5.97 Å². The average molecular weight is 212 g/mol. The van der Waals surface area contributed by atoms with E-state index in [1.807, 2.05) is 0 Å². The molecule has 0 heterocycles. The lowest BCUT2D eigenvalue weighted by Crippen LogP contribution is -2.42. The summed E-state index contributed by atoms with van der Waals surface area (Å²) >= 11 is 0. The molecule has 0 saturated heterocycles. The highest BCUT2D eigenvalue weighted by molar-refractivity contribution is 5.87. The molecule has 0 aliphatic rings. The molecule has 0 N–H and O–H groups in total. The van der Waals surface area contributed by atoms with Gasteiger partial charge in [-0.25, -0.2) is 4.79 Å². The summed E-state index contributed by atoms with van der Waals surface area (Å²) in [6.45, 7) is 17.7. The van der Waals surface area contributed by atoms with Gasteiger partial charge in [-0.2, -0.15) is 0 Å². The Hall–Kier alpha value is -0.790. The minimum absolute atomic E-state index is 0.0661. The van der Waals surface area contributed by atoms with Crippen LogP contribution in [-0.2, 0) is 9.53 Å². The smallest absolute Gasteiger partial charge is 0.333 e. The quantitative estimate of drug-likeness (QED) is 0.516. The van der Waals surface area contributed by atoms with E-state index in [4.69, 9.17) is 4.74 Å². The van der Waals surface area contributed by atoms with Crippen LogP contribution >= 0.6 is 0 Å². The predicted molar refractivity (Wildman–Crippen MR) is 63.6 cm³/mol. The summed E-state index contributed by atoms with van der Waals surface area (Å²) in [6.07, 6.45) is -0.116. The van der Waals surface area contributed by atoms with Gasteiger partial charge in [0.25, 0.3) is 0 Å². The molecule has 88 valence electrons. The first-order chi connectivity index (χ1) is 6.46. The standard InChI is InChI=1S/C13H24O2/c1-9(2)10(14)15-11(12(3,4)5)13(6,7)8/h11H,1H2,2-8H3.